The van der Waals surface area contributed by atoms with Crippen molar-refractivity contribution in [2.24, 2.45) is 5.92 Å². The summed E-state index contributed by atoms with van der Waals surface area (Å²) in [5, 5.41) is 17.2. The molecular formula is C10H9F2NO. The summed E-state index contributed by atoms with van der Waals surface area (Å²) < 4.78 is 25.7. The van der Waals surface area contributed by atoms with Gasteiger partial charge in [-0.25, -0.2) is 8.78 Å². The molecule has 0 saturated heterocycles. The van der Waals surface area contributed by atoms with E-state index in [1.807, 2.05) is 6.07 Å². The first-order valence-corrected chi connectivity index (χ1v) is 4.11. The minimum Gasteiger partial charge on any atom is -0.395 e. The zero-order valence-corrected chi connectivity index (χ0v) is 7.37. The number of hydrogen-bond donors (Lipinski definition) is 1. The summed E-state index contributed by atoms with van der Waals surface area (Å²) >= 11 is 0. The first kappa shape index (κ1) is 10.6. The number of halogens is 2. The number of nitriles is 1. The molecular weight excluding hydrogens is 188 g/mol. The van der Waals surface area contributed by atoms with E-state index < -0.39 is 17.6 Å². The molecule has 0 saturated carbocycles. The summed E-state index contributed by atoms with van der Waals surface area (Å²) in [6, 6.07) is 4.87. The van der Waals surface area contributed by atoms with Crippen LogP contribution in [0.1, 0.15) is 5.56 Å². The van der Waals surface area contributed by atoms with Gasteiger partial charge in [0.15, 0.2) is 0 Å². The van der Waals surface area contributed by atoms with Crippen molar-refractivity contribution in [1.82, 2.24) is 0 Å². The van der Waals surface area contributed by atoms with Gasteiger partial charge in [-0.15, -0.1) is 0 Å². The predicted octanol–water partition coefficient (Wildman–Crippen LogP) is 1.64. The van der Waals surface area contributed by atoms with E-state index in [9.17, 15) is 8.78 Å². The average molecular weight is 197 g/mol. The highest BCUT2D eigenvalue weighted by molar-refractivity contribution is 5.20. The molecule has 1 aromatic carbocycles. The van der Waals surface area contributed by atoms with Crippen molar-refractivity contribution in [2.75, 3.05) is 6.61 Å². The maximum Gasteiger partial charge on any atom is 0.126 e. The van der Waals surface area contributed by atoms with Crippen LogP contribution >= 0.6 is 0 Å². The Labute approximate surface area is 80.4 Å². The highest BCUT2D eigenvalue weighted by Gasteiger charge is 2.11. The molecule has 0 radical (unpaired) electrons. The molecule has 0 bridgehead atoms. The molecule has 0 aliphatic carbocycles. The van der Waals surface area contributed by atoms with Crippen LogP contribution in [0.15, 0.2) is 18.2 Å². The van der Waals surface area contributed by atoms with Gasteiger partial charge in [-0.2, -0.15) is 5.26 Å². The molecule has 0 aliphatic heterocycles. The van der Waals surface area contributed by atoms with Gasteiger partial charge in [0.1, 0.15) is 11.6 Å². The average Bonchev–Trinajstić information content (AvgIpc) is 2.19. The maximum absolute atomic E-state index is 13.0. The van der Waals surface area contributed by atoms with E-state index in [0.29, 0.717) is 0 Å². The molecule has 2 nitrogen and oxygen atoms in total. The summed E-state index contributed by atoms with van der Waals surface area (Å²) in [5.41, 5.74) is 0.116. The minimum atomic E-state index is -0.689. The van der Waals surface area contributed by atoms with E-state index in [0.717, 1.165) is 18.2 Å². The number of benzene rings is 1. The fourth-order valence-corrected chi connectivity index (χ4v) is 1.12. The first-order valence-electron chi connectivity index (χ1n) is 4.11. The highest BCUT2D eigenvalue weighted by Crippen LogP contribution is 2.14. The molecule has 0 spiro atoms. The normalized spacial score (nSPS) is 12.1. The Hall–Kier alpha value is -1.47. The summed E-state index contributed by atoms with van der Waals surface area (Å²) in [6.45, 7) is -0.355. The van der Waals surface area contributed by atoms with Crippen LogP contribution in [0.3, 0.4) is 0 Å². The number of aliphatic hydroxyl groups excluding tert-OH is 1. The van der Waals surface area contributed by atoms with Crippen molar-refractivity contribution < 1.29 is 13.9 Å². The largest absolute Gasteiger partial charge is 0.395 e. The van der Waals surface area contributed by atoms with Crippen molar-refractivity contribution in [3.63, 3.8) is 0 Å². The molecule has 1 rings (SSSR count). The van der Waals surface area contributed by atoms with Gasteiger partial charge in [-0.05, 0) is 30.2 Å². The molecule has 1 atom stereocenters. The second-order valence-corrected chi connectivity index (χ2v) is 2.95. The second-order valence-electron chi connectivity index (χ2n) is 2.95. The lowest BCUT2D eigenvalue weighted by Crippen LogP contribution is -2.08. The third-order valence-corrected chi connectivity index (χ3v) is 1.88. The number of hydrogen-bond acceptors (Lipinski definition) is 2. The smallest absolute Gasteiger partial charge is 0.126 e. The van der Waals surface area contributed by atoms with Crippen molar-refractivity contribution in [2.45, 2.75) is 6.42 Å². The SMILES string of the molecule is N#CC(CO)Cc1cc(F)ccc1F. The summed E-state index contributed by atoms with van der Waals surface area (Å²) in [5.74, 6) is -1.79. The number of aliphatic hydroxyl groups is 1. The van der Waals surface area contributed by atoms with Gasteiger partial charge in [-0.3, -0.25) is 0 Å². The lowest BCUT2D eigenvalue weighted by molar-refractivity contribution is 0.254. The van der Waals surface area contributed by atoms with Gasteiger partial charge >= 0.3 is 0 Å². The highest BCUT2D eigenvalue weighted by atomic mass is 19.1. The van der Waals surface area contributed by atoms with Crippen molar-refractivity contribution in [3.8, 4) is 6.07 Å². The molecule has 0 fully saturated rings. The van der Waals surface area contributed by atoms with Gasteiger partial charge in [0.2, 0.25) is 0 Å². The Morgan fingerprint density at radius 1 is 1.43 bits per heavy atom. The Morgan fingerprint density at radius 3 is 2.71 bits per heavy atom. The summed E-state index contributed by atoms with van der Waals surface area (Å²) in [4.78, 5) is 0. The molecule has 0 aliphatic rings. The Morgan fingerprint density at radius 2 is 2.14 bits per heavy atom. The van der Waals surface area contributed by atoms with E-state index >= 15 is 0 Å². The molecule has 4 heteroatoms. The van der Waals surface area contributed by atoms with Crippen LogP contribution in [-0.4, -0.2) is 11.7 Å². The third-order valence-electron chi connectivity index (χ3n) is 1.88. The summed E-state index contributed by atoms with van der Waals surface area (Å²) in [6.07, 6.45) is 0.0244. The van der Waals surface area contributed by atoms with Crippen LogP contribution in [-0.2, 0) is 6.42 Å². The van der Waals surface area contributed by atoms with Crippen LogP contribution in [0.25, 0.3) is 0 Å². The first-order chi connectivity index (χ1) is 6.67. The number of rotatable bonds is 3. The maximum atomic E-state index is 13.0. The van der Waals surface area contributed by atoms with E-state index in [4.69, 9.17) is 10.4 Å². The van der Waals surface area contributed by atoms with E-state index in [1.54, 1.807) is 0 Å². The Bertz CT molecular complexity index is 360. The van der Waals surface area contributed by atoms with Gasteiger partial charge in [-0.1, -0.05) is 0 Å². The van der Waals surface area contributed by atoms with Crippen molar-refractivity contribution >= 4 is 0 Å². The standard InChI is InChI=1S/C10H9F2NO/c11-9-1-2-10(12)8(4-9)3-7(5-13)6-14/h1-2,4,7,14H,3,6H2. The van der Waals surface area contributed by atoms with Crippen LogP contribution in [0, 0.1) is 28.9 Å². The van der Waals surface area contributed by atoms with Crippen LogP contribution in [0.5, 0.6) is 0 Å². The molecule has 14 heavy (non-hydrogen) atoms. The van der Waals surface area contributed by atoms with Crippen LogP contribution in [0.2, 0.25) is 0 Å². The monoisotopic (exact) mass is 197 g/mol. The van der Waals surface area contributed by atoms with E-state index in [2.05, 4.69) is 0 Å². The second kappa shape index (κ2) is 4.68. The molecule has 74 valence electrons. The molecule has 1 N–H and O–H groups in total. The zero-order valence-electron chi connectivity index (χ0n) is 7.37. The van der Waals surface area contributed by atoms with Crippen LogP contribution < -0.4 is 0 Å². The van der Waals surface area contributed by atoms with E-state index in [-0.39, 0.29) is 18.6 Å². The van der Waals surface area contributed by atoms with Gasteiger partial charge < -0.3 is 5.11 Å². The topological polar surface area (TPSA) is 44.0 Å². The summed E-state index contributed by atoms with van der Waals surface area (Å²) in [7, 11) is 0. The molecule has 0 aromatic heterocycles. The minimum absolute atomic E-state index is 0.0244. The third kappa shape index (κ3) is 2.51. The predicted molar refractivity (Wildman–Crippen MR) is 46.3 cm³/mol. The van der Waals surface area contributed by atoms with Crippen molar-refractivity contribution in [3.05, 3.63) is 35.4 Å². The lowest BCUT2D eigenvalue weighted by Gasteiger charge is -2.06. The van der Waals surface area contributed by atoms with Crippen molar-refractivity contribution in [1.29, 1.82) is 5.26 Å². The molecule has 0 heterocycles. The van der Waals surface area contributed by atoms with Gasteiger partial charge in [0.05, 0.1) is 18.6 Å². The van der Waals surface area contributed by atoms with Gasteiger partial charge in [0.25, 0.3) is 0 Å². The molecule has 0 amide bonds. The number of nitrogens with zero attached hydrogens (tertiary/aromatic N) is 1. The van der Waals surface area contributed by atoms with Gasteiger partial charge in [0, 0.05) is 0 Å². The van der Waals surface area contributed by atoms with E-state index in [1.165, 1.54) is 0 Å². The fourth-order valence-electron chi connectivity index (χ4n) is 1.12. The lowest BCUT2D eigenvalue weighted by atomic mass is 10.0. The Kier molecular flexibility index (Phi) is 3.55. The molecule has 1 aromatic rings. The quantitative estimate of drug-likeness (QED) is 0.800. The fraction of sp³-hybridized carbons (Fsp3) is 0.300. The van der Waals surface area contributed by atoms with Crippen LogP contribution in [0.4, 0.5) is 8.78 Å². The Balaban J connectivity index is 2.86. The molecule has 1 unspecified atom stereocenters. The zero-order chi connectivity index (χ0) is 10.6.